The van der Waals surface area contributed by atoms with Crippen LogP contribution in [0.25, 0.3) is 16.9 Å². The third-order valence-electron chi connectivity index (χ3n) is 3.47. The van der Waals surface area contributed by atoms with Crippen LogP contribution in [-0.2, 0) is 0 Å². The number of rotatable bonds is 2. The summed E-state index contributed by atoms with van der Waals surface area (Å²) in [4.78, 5) is 4.71. The topological polar surface area (TPSA) is 17.8 Å². The van der Waals surface area contributed by atoms with Crippen molar-refractivity contribution in [3.05, 3.63) is 76.2 Å². The van der Waals surface area contributed by atoms with E-state index in [1.165, 1.54) is 5.56 Å². The molecule has 1 aromatic heterocycles. The number of hydrogen-bond donors (Lipinski definition) is 0. The van der Waals surface area contributed by atoms with E-state index in [0.29, 0.717) is 0 Å². The minimum absolute atomic E-state index is 0.873. The predicted molar refractivity (Wildman–Crippen MR) is 87.5 cm³/mol. The van der Waals surface area contributed by atoms with Gasteiger partial charge in [-0.1, -0.05) is 0 Å². The van der Waals surface area contributed by atoms with Crippen LogP contribution in [0.15, 0.2) is 60.7 Å². The molecule has 2 nitrogen and oxygen atoms in total. The molecule has 3 heteroatoms. The van der Waals surface area contributed by atoms with Gasteiger partial charge in [0, 0.05) is 0 Å². The Morgan fingerprint density at radius 2 is 1.57 bits per heavy atom. The van der Waals surface area contributed by atoms with Gasteiger partial charge in [-0.3, -0.25) is 0 Å². The van der Waals surface area contributed by atoms with Crippen molar-refractivity contribution in [1.82, 2.24) is 9.55 Å². The molecule has 0 radical (unpaired) electrons. The summed E-state index contributed by atoms with van der Waals surface area (Å²) in [6, 6.07) is 20.8. The zero-order valence-electron chi connectivity index (χ0n) is 12.1. The van der Waals surface area contributed by atoms with E-state index in [1.807, 2.05) is 18.2 Å². The Morgan fingerprint density at radius 1 is 0.905 bits per heavy atom. The van der Waals surface area contributed by atoms with Crippen LogP contribution in [0.4, 0.5) is 0 Å². The molecule has 0 aliphatic carbocycles. The maximum absolute atomic E-state index is 4.71. The fourth-order valence-electron chi connectivity index (χ4n) is 2.36. The number of benzene rings is 2. The number of aryl methyl sites for hydroxylation is 2. The zero-order chi connectivity index (χ0) is 14.8. The first-order valence-electron chi connectivity index (χ1n) is 6.88. The van der Waals surface area contributed by atoms with Crippen molar-refractivity contribution in [3.8, 4) is 16.9 Å². The Bertz CT molecular complexity index is 818. The molecule has 0 atom stereocenters. The molecule has 0 unspecified atom stereocenters. The van der Waals surface area contributed by atoms with Crippen LogP contribution in [0.5, 0.6) is 0 Å². The van der Waals surface area contributed by atoms with Crippen LogP contribution in [-0.4, -0.2) is 25.1 Å². The van der Waals surface area contributed by atoms with Crippen molar-refractivity contribution in [2.24, 2.45) is 0 Å². The summed E-state index contributed by atoms with van der Waals surface area (Å²) in [5.74, 6) is 0. The molecule has 3 aromatic rings. The van der Waals surface area contributed by atoms with Gasteiger partial charge in [0.2, 0.25) is 0 Å². The van der Waals surface area contributed by atoms with Gasteiger partial charge in [-0.2, -0.15) is 0 Å². The van der Waals surface area contributed by atoms with Crippen molar-refractivity contribution in [2.75, 3.05) is 0 Å². The SMILES string of the molecule is Cc1ccc(-n2c(C)cc(-c3ccccc3)nc2=[Se])cc1. The first-order valence-corrected chi connectivity index (χ1v) is 7.74. The van der Waals surface area contributed by atoms with Crippen molar-refractivity contribution in [2.45, 2.75) is 13.8 Å². The minimum atomic E-state index is 0.873. The first kappa shape index (κ1) is 14.0. The third-order valence-corrected chi connectivity index (χ3v) is 4.04. The summed E-state index contributed by atoms with van der Waals surface area (Å²) < 4.78 is 3.00. The van der Waals surface area contributed by atoms with Crippen LogP contribution < -0.4 is 0 Å². The van der Waals surface area contributed by atoms with Crippen molar-refractivity contribution in [3.63, 3.8) is 0 Å². The number of nitrogens with zero attached hydrogens (tertiary/aromatic N) is 2. The predicted octanol–water partition coefficient (Wildman–Crippen LogP) is 3.86. The zero-order valence-corrected chi connectivity index (χ0v) is 13.8. The number of aromatic nitrogens is 2. The summed E-state index contributed by atoms with van der Waals surface area (Å²) in [5, 5.41) is 0. The van der Waals surface area contributed by atoms with Gasteiger partial charge in [0.05, 0.1) is 0 Å². The molecular weight excluding hydrogens is 323 g/mol. The molecule has 1 heterocycles. The summed E-state index contributed by atoms with van der Waals surface area (Å²) >= 11 is 3.09. The number of hydrogen-bond acceptors (Lipinski definition) is 1. The standard InChI is InChI=1S/C18H16N2Se/c1-13-8-10-16(11-9-13)20-14(2)12-17(19-18(20)21)15-6-4-3-5-7-15/h3-12H,1-2H3. The second kappa shape index (κ2) is 5.80. The Labute approximate surface area is 132 Å². The van der Waals surface area contributed by atoms with E-state index in [2.05, 4.69) is 76.5 Å². The van der Waals surface area contributed by atoms with Gasteiger partial charge in [-0.05, 0) is 0 Å². The van der Waals surface area contributed by atoms with Gasteiger partial charge < -0.3 is 0 Å². The summed E-state index contributed by atoms with van der Waals surface area (Å²) in [6.07, 6.45) is 0. The van der Waals surface area contributed by atoms with E-state index >= 15 is 0 Å². The van der Waals surface area contributed by atoms with Gasteiger partial charge in [0.1, 0.15) is 0 Å². The van der Waals surface area contributed by atoms with Crippen LogP contribution in [0, 0.1) is 18.2 Å². The Balaban J connectivity index is 2.13. The third kappa shape index (κ3) is 2.89. The summed E-state index contributed by atoms with van der Waals surface area (Å²) in [5.41, 5.74) is 5.66. The average Bonchev–Trinajstić information content (AvgIpc) is 2.49. The molecule has 0 aliphatic heterocycles. The van der Waals surface area contributed by atoms with Crippen molar-refractivity contribution < 1.29 is 0 Å². The molecule has 0 fully saturated rings. The molecule has 0 aliphatic rings. The van der Waals surface area contributed by atoms with E-state index in [4.69, 9.17) is 4.98 Å². The van der Waals surface area contributed by atoms with Crippen LogP contribution >= 0.6 is 0 Å². The van der Waals surface area contributed by atoms with Gasteiger partial charge in [-0.15, -0.1) is 0 Å². The molecular formula is C18H16N2Se. The molecule has 0 N–H and O–H groups in total. The van der Waals surface area contributed by atoms with E-state index in [9.17, 15) is 0 Å². The van der Waals surface area contributed by atoms with Crippen LogP contribution in [0.3, 0.4) is 0 Å². The second-order valence-electron chi connectivity index (χ2n) is 5.10. The molecule has 0 saturated carbocycles. The first-order chi connectivity index (χ1) is 10.1. The molecule has 0 spiro atoms. The van der Waals surface area contributed by atoms with Crippen molar-refractivity contribution in [1.29, 1.82) is 0 Å². The van der Waals surface area contributed by atoms with Gasteiger partial charge in [0.15, 0.2) is 0 Å². The van der Waals surface area contributed by atoms with Crippen molar-refractivity contribution >= 4 is 15.6 Å². The quantitative estimate of drug-likeness (QED) is 0.649. The van der Waals surface area contributed by atoms with Gasteiger partial charge in [0.25, 0.3) is 0 Å². The average molecular weight is 339 g/mol. The maximum atomic E-state index is 4.71. The fourth-order valence-corrected chi connectivity index (χ4v) is 3.09. The van der Waals surface area contributed by atoms with E-state index in [-0.39, 0.29) is 0 Å². The van der Waals surface area contributed by atoms with Gasteiger partial charge >= 0.3 is 132 Å². The summed E-state index contributed by atoms with van der Waals surface area (Å²) in [7, 11) is 0. The van der Waals surface area contributed by atoms with Crippen LogP contribution in [0.2, 0.25) is 0 Å². The molecule has 2 aromatic carbocycles. The Kier molecular flexibility index (Phi) is 3.87. The van der Waals surface area contributed by atoms with Crippen LogP contribution in [0.1, 0.15) is 11.3 Å². The molecule has 0 bridgehead atoms. The fraction of sp³-hybridized carbons (Fsp3) is 0.111. The van der Waals surface area contributed by atoms with E-state index < -0.39 is 0 Å². The monoisotopic (exact) mass is 340 g/mol. The molecule has 21 heavy (non-hydrogen) atoms. The second-order valence-corrected chi connectivity index (χ2v) is 5.87. The molecule has 3 rings (SSSR count). The van der Waals surface area contributed by atoms with E-state index in [0.717, 1.165) is 27.0 Å². The molecule has 104 valence electrons. The van der Waals surface area contributed by atoms with Gasteiger partial charge in [-0.25, -0.2) is 0 Å². The molecule has 0 amide bonds. The normalized spacial score (nSPS) is 10.6. The van der Waals surface area contributed by atoms with E-state index in [1.54, 1.807) is 0 Å². The summed E-state index contributed by atoms with van der Waals surface area (Å²) in [6.45, 7) is 4.20. The Morgan fingerprint density at radius 3 is 2.19 bits per heavy atom. The Hall–Kier alpha value is -1.96. The molecule has 0 saturated heterocycles.